The summed E-state index contributed by atoms with van der Waals surface area (Å²) in [7, 11) is 1.57. The Balaban J connectivity index is 1.38. The molecule has 4 aromatic rings. The lowest BCUT2D eigenvalue weighted by molar-refractivity contribution is -0.115. The van der Waals surface area contributed by atoms with E-state index in [4.69, 9.17) is 21.4 Å². The maximum Gasteiger partial charge on any atom is 0.250 e. The third-order valence-corrected chi connectivity index (χ3v) is 7.13. The van der Waals surface area contributed by atoms with Crippen LogP contribution in [0, 0.1) is 0 Å². The molecule has 0 spiro atoms. The van der Waals surface area contributed by atoms with Gasteiger partial charge in [-0.2, -0.15) is 0 Å². The Morgan fingerprint density at radius 2 is 1.92 bits per heavy atom. The molecule has 1 heterocycles. The van der Waals surface area contributed by atoms with Gasteiger partial charge in [0.2, 0.25) is 11.8 Å². The third kappa shape index (κ3) is 6.66. The van der Waals surface area contributed by atoms with Crippen LogP contribution in [0.4, 0.5) is 5.69 Å². The summed E-state index contributed by atoms with van der Waals surface area (Å²) >= 11 is 12.2. The molecule has 0 fully saturated rings. The van der Waals surface area contributed by atoms with Gasteiger partial charge in [-0.15, -0.1) is 0 Å². The number of rotatable bonds is 7. The average Bonchev–Trinajstić information content (AvgIpc) is 3.30. The maximum absolute atomic E-state index is 12.4. The predicted molar refractivity (Wildman–Crippen MR) is 160 cm³/mol. The average molecular weight is 643 g/mol. The molecule has 0 aliphatic carbocycles. The molecule has 2 N–H and O–H groups in total. The third-order valence-electron chi connectivity index (χ3n) is 5.87. The van der Waals surface area contributed by atoms with Gasteiger partial charge in [-0.05, 0) is 101 Å². The van der Waals surface area contributed by atoms with Crippen molar-refractivity contribution < 1.29 is 13.9 Å². The van der Waals surface area contributed by atoms with Gasteiger partial charge in [-0.1, -0.05) is 35.8 Å². The van der Waals surface area contributed by atoms with Crippen LogP contribution in [-0.4, -0.2) is 23.1 Å². The van der Waals surface area contributed by atoms with Crippen molar-refractivity contribution in [3.63, 3.8) is 0 Å². The molecule has 6 nitrogen and oxygen atoms in total. The van der Waals surface area contributed by atoms with Crippen LogP contribution in [0.2, 0.25) is 0 Å². The van der Waals surface area contributed by atoms with E-state index in [9.17, 15) is 4.79 Å². The highest BCUT2D eigenvalue weighted by Crippen LogP contribution is 2.33. The molecule has 0 saturated heterocycles. The van der Waals surface area contributed by atoms with E-state index >= 15 is 0 Å². The van der Waals surface area contributed by atoms with Crippen molar-refractivity contribution in [2.45, 2.75) is 26.2 Å². The number of aromatic nitrogens is 1. The Hall–Kier alpha value is -3.01. The van der Waals surface area contributed by atoms with Crippen LogP contribution in [-0.2, 0) is 4.79 Å². The highest BCUT2D eigenvalue weighted by molar-refractivity contribution is 9.11. The standard InChI is InChI=1S/C28H25Br2N3O3S/c1-4-16(2)18-7-11-24-23(14-18)32-27(36-24)17-5-9-21(10-6-17)31-28(37)33-25(34)12-8-19-13-20(29)15-22(30)26(19)35-3/h5-16H,4H2,1-3H3,(H2,31,33,34,37)/b12-8+. The Labute approximate surface area is 237 Å². The molecule has 1 amide bonds. The van der Waals surface area contributed by atoms with Crippen molar-refractivity contribution in [1.29, 1.82) is 0 Å². The Bertz CT molecular complexity index is 1480. The molecule has 4 rings (SSSR count). The van der Waals surface area contributed by atoms with Gasteiger partial charge in [0.05, 0.1) is 11.6 Å². The predicted octanol–water partition coefficient (Wildman–Crippen LogP) is 8.07. The van der Waals surface area contributed by atoms with E-state index in [1.807, 2.05) is 42.5 Å². The molecule has 190 valence electrons. The molecule has 0 radical (unpaired) electrons. The van der Waals surface area contributed by atoms with Crippen molar-refractivity contribution in [2.75, 3.05) is 12.4 Å². The van der Waals surface area contributed by atoms with Crippen LogP contribution in [0.1, 0.15) is 37.3 Å². The fourth-order valence-corrected chi connectivity index (χ4v) is 5.35. The van der Waals surface area contributed by atoms with Gasteiger partial charge in [-0.25, -0.2) is 4.98 Å². The topological polar surface area (TPSA) is 76.4 Å². The molecule has 3 aromatic carbocycles. The van der Waals surface area contributed by atoms with Crippen LogP contribution < -0.4 is 15.4 Å². The minimum absolute atomic E-state index is 0.184. The van der Waals surface area contributed by atoms with Crippen LogP contribution in [0.3, 0.4) is 0 Å². The van der Waals surface area contributed by atoms with Gasteiger partial charge in [0, 0.05) is 27.4 Å². The number of halogens is 2. The number of oxazole rings is 1. The fraction of sp³-hybridized carbons (Fsp3) is 0.179. The summed E-state index contributed by atoms with van der Waals surface area (Å²) in [5, 5.41) is 5.85. The van der Waals surface area contributed by atoms with Gasteiger partial charge >= 0.3 is 0 Å². The van der Waals surface area contributed by atoms with Crippen molar-refractivity contribution in [3.05, 3.63) is 80.7 Å². The second-order valence-corrected chi connectivity index (χ2v) is 10.6. The number of hydrogen-bond donors (Lipinski definition) is 2. The first-order valence-electron chi connectivity index (χ1n) is 11.6. The smallest absolute Gasteiger partial charge is 0.250 e. The van der Waals surface area contributed by atoms with Crippen molar-refractivity contribution in [2.24, 2.45) is 0 Å². The summed E-state index contributed by atoms with van der Waals surface area (Å²) in [4.78, 5) is 17.1. The number of carbonyl (C=O) groups is 1. The molecule has 0 bridgehead atoms. The van der Waals surface area contributed by atoms with E-state index in [-0.39, 0.29) is 11.0 Å². The number of nitrogens with one attached hydrogen (secondary N) is 2. The molecule has 1 unspecified atom stereocenters. The molecule has 1 aromatic heterocycles. The molecule has 9 heteroatoms. The molecule has 0 aliphatic rings. The van der Waals surface area contributed by atoms with E-state index in [0.29, 0.717) is 17.6 Å². The van der Waals surface area contributed by atoms with E-state index in [0.717, 1.165) is 43.3 Å². The minimum atomic E-state index is -0.365. The normalized spacial score (nSPS) is 12.0. The quantitative estimate of drug-likeness (QED) is 0.157. The van der Waals surface area contributed by atoms with Gasteiger partial charge in [-0.3, -0.25) is 10.1 Å². The second kappa shape index (κ2) is 12.0. The number of hydrogen-bond acceptors (Lipinski definition) is 5. The van der Waals surface area contributed by atoms with Gasteiger partial charge in [0.25, 0.3) is 0 Å². The van der Waals surface area contributed by atoms with Crippen LogP contribution in [0.15, 0.2) is 74.0 Å². The largest absolute Gasteiger partial charge is 0.495 e. The second-order valence-electron chi connectivity index (χ2n) is 8.42. The number of nitrogens with zero attached hydrogens (tertiary/aromatic N) is 1. The van der Waals surface area contributed by atoms with Crippen molar-refractivity contribution in [1.82, 2.24) is 10.3 Å². The van der Waals surface area contributed by atoms with Crippen LogP contribution in [0.25, 0.3) is 28.6 Å². The summed E-state index contributed by atoms with van der Waals surface area (Å²) in [6, 6.07) is 17.4. The number of amides is 1. The number of methoxy groups -OCH3 is 1. The lowest BCUT2D eigenvalue weighted by Crippen LogP contribution is -2.32. The Morgan fingerprint density at radius 1 is 1.16 bits per heavy atom. The Morgan fingerprint density at radius 3 is 2.62 bits per heavy atom. The highest BCUT2D eigenvalue weighted by atomic mass is 79.9. The molecule has 1 atom stereocenters. The summed E-state index contributed by atoms with van der Waals surface area (Å²) in [5.41, 5.74) is 5.17. The summed E-state index contributed by atoms with van der Waals surface area (Å²) in [5.74, 6) is 1.29. The number of thiocarbonyl (C=S) groups is 1. The summed E-state index contributed by atoms with van der Waals surface area (Å²) in [6.07, 6.45) is 4.13. The lowest BCUT2D eigenvalue weighted by atomic mass is 9.98. The maximum atomic E-state index is 12.4. The van der Waals surface area contributed by atoms with Gasteiger partial charge in [0.1, 0.15) is 11.3 Å². The van der Waals surface area contributed by atoms with Crippen LogP contribution in [0.5, 0.6) is 5.75 Å². The zero-order chi connectivity index (χ0) is 26.5. The number of carbonyl (C=O) groups excluding carboxylic acids is 1. The SMILES string of the molecule is CCC(C)c1ccc2oc(-c3ccc(NC(=S)NC(=O)/C=C/c4cc(Br)cc(Br)c4OC)cc3)nc2c1. The molecular formula is C28H25Br2N3O3S. The zero-order valence-electron chi connectivity index (χ0n) is 20.5. The molecular weight excluding hydrogens is 618 g/mol. The molecule has 0 aliphatic heterocycles. The van der Waals surface area contributed by atoms with Gasteiger partial charge in [0.15, 0.2) is 10.7 Å². The van der Waals surface area contributed by atoms with Crippen LogP contribution >= 0.6 is 44.1 Å². The van der Waals surface area contributed by atoms with E-state index < -0.39 is 0 Å². The Kier molecular flexibility index (Phi) is 8.79. The van der Waals surface area contributed by atoms with E-state index in [1.54, 1.807) is 13.2 Å². The monoisotopic (exact) mass is 641 g/mol. The summed E-state index contributed by atoms with van der Waals surface area (Å²) in [6.45, 7) is 4.38. The number of anilines is 1. The molecule has 0 saturated carbocycles. The molecule has 37 heavy (non-hydrogen) atoms. The minimum Gasteiger partial charge on any atom is -0.495 e. The summed E-state index contributed by atoms with van der Waals surface area (Å²) < 4.78 is 13.0. The van der Waals surface area contributed by atoms with Gasteiger partial charge < -0.3 is 14.5 Å². The van der Waals surface area contributed by atoms with E-state index in [2.05, 4.69) is 73.5 Å². The number of benzene rings is 3. The zero-order valence-corrected chi connectivity index (χ0v) is 24.5. The fourth-order valence-electron chi connectivity index (χ4n) is 3.71. The first-order chi connectivity index (χ1) is 17.8. The number of fused-ring (bicyclic) bond motifs is 1. The van der Waals surface area contributed by atoms with E-state index in [1.165, 1.54) is 11.6 Å². The van der Waals surface area contributed by atoms with Crippen molar-refractivity contribution in [3.8, 4) is 17.2 Å². The highest BCUT2D eigenvalue weighted by Gasteiger charge is 2.12. The van der Waals surface area contributed by atoms with Crippen molar-refractivity contribution >= 4 is 78.0 Å². The first kappa shape index (κ1) is 27.0. The first-order valence-corrected chi connectivity index (χ1v) is 13.6. The number of ether oxygens (including phenoxy) is 1. The lowest BCUT2D eigenvalue weighted by Gasteiger charge is -2.09.